The van der Waals surface area contributed by atoms with Crippen LogP contribution in [0.3, 0.4) is 0 Å². The standard InChI is InChI=1S/C9H11ClN2S/c10-8-6-13-9(12-8)11-7-4-2-1-3-5-7/h1-2,6-7H,3-5H2,(H,11,12). The van der Waals surface area contributed by atoms with Gasteiger partial charge in [0, 0.05) is 11.4 Å². The first-order valence-electron chi connectivity index (χ1n) is 4.37. The lowest BCUT2D eigenvalue weighted by Gasteiger charge is -2.18. The number of nitrogens with zero attached hydrogens (tertiary/aromatic N) is 1. The number of anilines is 1. The highest BCUT2D eigenvalue weighted by Gasteiger charge is 2.10. The summed E-state index contributed by atoms with van der Waals surface area (Å²) < 4.78 is 0. The molecule has 1 aliphatic carbocycles. The van der Waals surface area contributed by atoms with Gasteiger partial charge in [-0.15, -0.1) is 11.3 Å². The van der Waals surface area contributed by atoms with Gasteiger partial charge in [0.15, 0.2) is 5.13 Å². The van der Waals surface area contributed by atoms with Crippen LogP contribution in [0, 0.1) is 0 Å². The van der Waals surface area contributed by atoms with E-state index in [0.29, 0.717) is 11.2 Å². The lowest BCUT2D eigenvalue weighted by atomic mass is 10.0. The zero-order chi connectivity index (χ0) is 9.10. The van der Waals surface area contributed by atoms with Gasteiger partial charge >= 0.3 is 0 Å². The average Bonchev–Trinajstić information content (AvgIpc) is 2.53. The van der Waals surface area contributed by atoms with Gasteiger partial charge in [0.05, 0.1) is 0 Å². The fourth-order valence-corrected chi connectivity index (χ4v) is 2.34. The Kier molecular flexibility index (Phi) is 2.86. The van der Waals surface area contributed by atoms with Crippen LogP contribution in [0.25, 0.3) is 0 Å². The molecule has 1 aromatic heterocycles. The smallest absolute Gasteiger partial charge is 0.184 e. The first-order valence-corrected chi connectivity index (χ1v) is 5.63. The summed E-state index contributed by atoms with van der Waals surface area (Å²) in [5, 5.41) is 6.74. The van der Waals surface area contributed by atoms with Crippen molar-refractivity contribution < 1.29 is 0 Å². The van der Waals surface area contributed by atoms with Crippen LogP contribution >= 0.6 is 22.9 Å². The third kappa shape index (κ3) is 2.45. The number of aromatic nitrogens is 1. The average molecular weight is 215 g/mol. The molecule has 1 heterocycles. The molecule has 0 saturated heterocycles. The van der Waals surface area contributed by atoms with E-state index in [4.69, 9.17) is 11.6 Å². The zero-order valence-corrected chi connectivity index (χ0v) is 8.74. The molecule has 2 rings (SSSR count). The molecule has 1 atom stereocenters. The van der Waals surface area contributed by atoms with Crippen LogP contribution < -0.4 is 5.32 Å². The Balaban J connectivity index is 1.94. The molecular weight excluding hydrogens is 204 g/mol. The van der Waals surface area contributed by atoms with Gasteiger partial charge in [-0.25, -0.2) is 4.98 Å². The molecule has 1 aliphatic rings. The number of allylic oxidation sites excluding steroid dienone is 1. The lowest BCUT2D eigenvalue weighted by Crippen LogP contribution is -2.19. The van der Waals surface area contributed by atoms with Crippen LogP contribution in [-0.2, 0) is 0 Å². The van der Waals surface area contributed by atoms with E-state index in [1.165, 1.54) is 6.42 Å². The molecule has 0 fully saturated rings. The normalized spacial score (nSPS) is 21.8. The molecule has 4 heteroatoms. The highest BCUT2D eigenvalue weighted by atomic mass is 35.5. The van der Waals surface area contributed by atoms with E-state index in [9.17, 15) is 0 Å². The molecule has 0 aliphatic heterocycles. The van der Waals surface area contributed by atoms with Crippen molar-refractivity contribution in [3.8, 4) is 0 Å². The van der Waals surface area contributed by atoms with Crippen molar-refractivity contribution in [3.05, 3.63) is 22.7 Å². The van der Waals surface area contributed by atoms with Crippen LogP contribution in [-0.4, -0.2) is 11.0 Å². The van der Waals surface area contributed by atoms with E-state index in [0.717, 1.165) is 18.0 Å². The topological polar surface area (TPSA) is 24.9 Å². The lowest BCUT2D eigenvalue weighted by molar-refractivity contribution is 0.644. The van der Waals surface area contributed by atoms with Crippen LogP contribution in [0.2, 0.25) is 5.15 Å². The second-order valence-corrected chi connectivity index (χ2v) is 4.35. The van der Waals surface area contributed by atoms with Crippen molar-refractivity contribution in [2.45, 2.75) is 25.3 Å². The maximum atomic E-state index is 5.72. The summed E-state index contributed by atoms with van der Waals surface area (Å²) in [5.41, 5.74) is 0. The van der Waals surface area contributed by atoms with Gasteiger partial charge in [0.2, 0.25) is 0 Å². The minimum atomic E-state index is 0.534. The van der Waals surface area contributed by atoms with E-state index >= 15 is 0 Å². The van der Waals surface area contributed by atoms with Crippen molar-refractivity contribution in [1.82, 2.24) is 4.98 Å². The van der Waals surface area contributed by atoms with Crippen LogP contribution in [0.15, 0.2) is 17.5 Å². The van der Waals surface area contributed by atoms with E-state index in [2.05, 4.69) is 22.5 Å². The van der Waals surface area contributed by atoms with Crippen LogP contribution in [0.5, 0.6) is 0 Å². The molecule has 0 aromatic carbocycles. The minimum absolute atomic E-state index is 0.534. The molecule has 70 valence electrons. The van der Waals surface area contributed by atoms with Crippen molar-refractivity contribution in [1.29, 1.82) is 0 Å². The SMILES string of the molecule is Clc1csc(NC2CC=CCC2)n1. The fourth-order valence-electron chi connectivity index (χ4n) is 1.42. The maximum Gasteiger partial charge on any atom is 0.184 e. The molecule has 0 amide bonds. The Morgan fingerprint density at radius 1 is 1.54 bits per heavy atom. The highest BCUT2D eigenvalue weighted by molar-refractivity contribution is 7.14. The maximum absolute atomic E-state index is 5.72. The highest BCUT2D eigenvalue weighted by Crippen LogP contribution is 2.22. The second kappa shape index (κ2) is 4.11. The predicted molar refractivity (Wildman–Crippen MR) is 57.5 cm³/mol. The van der Waals surface area contributed by atoms with Crippen LogP contribution in [0.4, 0.5) is 5.13 Å². The first kappa shape index (κ1) is 9.03. The fraction of sp³-hybridized carbons (Fsp3) is 0.444. The van der Waals surface area contributed by atoms with Crippen molar-refractivity contribution in [2.75, 3.05) is 5.32 Å². The summed E-state index contributed by atoms with van der Waals surface area (Å²) in [4.78, 5) is 4.15. The molecule has 0 bridgehead atoms. The molecule has 13 heavy (non-hydrogen) atoms. The third-order valence-electron chi connectivity index (χ3n) is 2.07. The summed E-state index contributed by atoms with van der Waals surface area (Å²) in [6.07, 6.45) is 7.89. The predicted octanol–water partition coefficient (Wildman–Crippen LogP) is 3.32. The molecule has 1 N–H and O–H groups in total. The van der Waals surface area contributed by atoms with Gasteiger partial charge in [0.1, 0.15) is 5.15 Å². The Morgan fingerprint density at radius 3 is 3.08 bits per heavy atom. The second-order valence-electron chi connectivity index (χ2n) is 3.10. The van der Waals surface area contributed by atoms with Crippen molar-refractivity contribution in [3.63, 3.8) is 0 Å². The number of halogens is 1. The number of thiazole rings is 1. The summed E-state index contributed by atoms with van der Waals surface area (Å²) >= 11 is 7.29. The number of nitrogens with one attached hydrogen (secondary N) is 1. The number of hydrogen-bond donors (Lipinski definition) is 1. The van der Waals surface area contributed by atoms with E-state index in [1.54, 1.807) is 11.3 Å². The van der Waals surface area contributed by atoms with Gasteiger partial charge in [0.25, 0.3) is 0 Å². The third-order valence-corrected chi connectivity index (χ3v) is 3.17. The largest absolute Gasteiger partial charge is 0.358 e. The minimum Gasteiger partial charge on any atom is -0.358 e. The summed E-state index contributed by atoms with van der Waals surface area (Å²) in [5.74, 6) is 0. The molecule has 0 saturated carbocycles. The Bertz CT molecular complexity index is 308. The van der Waals surface area contributed by atoms with Crippen molar-refractivity contribution >= 4 is 28.1 Å². The Morgan fingerprint density at radius 2 is 2.46 bits per heavy atom. The number of hydrogen-bond acceptors (Lipinski definition) is 3. The van der Waals surface area contributed by atoms with Crippen LogP contribution in [0.1, 0.15) is 19.3 Å². The Labute approximate surface area is 86.6 Å². The molecule has 1 aromatic rings. The van der Waals surface area contributed by atoms with Gasteiger partial charge in [-0.05, 0) is 19.3 Å². The first-order chi connectivity index (χ1) is 6.34. The molecule has 0 spiro atoms. The van der Waals surface area contributed by atoms with Gasteiger partial charge in [-0.2, -0.15) is 0 Å². The molecule has 2 nitrogen and oxygen atoms in total. The van der Waals surface area contributed by atoms with Gasteiger partial charge < -0.3 is 5.32 Å². The van der Waals surface area contributed by atoms with E-state index in [-0.39, 0.29) is 0 Å². The monoisotopic (exact) mass is 214 g/mol. The Hall–Kier alpha value is -0.540. The number of rotatable bonds is 2. The molecule has 0 radical (unpaired) electrons. The molecular formula is C9H11ClN2S. The quantitative estimate of drug-likeness (QED) is 0.765. The molecule has 1 unspecified atom stereocenters. The summed E-state index contributed by atoms with van der Waals surface area (Å²) in [6, 6.07) is 0.534. The van der Waals surface area contributed by atoms with Gasteiger partial charge in [-0.1, -0.05) is 23.8 Å². The van der Waals surface area contributed by atoms with Crippen molar-refractivity contribution in [2.24, 2.45) is 0 Å². The van der Waals surface area contributed by atoms with E-state index < -0.39 is 0 Å². The van der Waals surface area contributed by atoms with Gasteiger partial charge in [-0.3, -0.25) is 0 Å². The van der Waals surface area contributed by atoms with E-state index in [1.807, 2.05) is 5.38 Å². The summed E-state index contributed by atoms with van der Waals surface area (Å²) in [7, 11) is 0. The zero-order valence-electron chi connectivity index (χ0n) is 7.16. The summed E-state index contributed by atoms with van der Waals surface area (Å²) in [6.45, 7) is 0.